The Balaban J connectivity index is 3.40. The molecular weight excluding hydrogens is 376 g/mol. The van der Waals surface area contributed by atoms with Crippen molar-refractivity contribution in [1.82, 2.24) is 4.98 Å². The predicted octanol–water partition coefficient (Wildman–Crippen LogP) is 4.64. The summed E-state index contributed by atoms with van der Waals surface area (Å²) in [7, 11) is 0. The van der Waals surface area contributed by atoms with E-state index in [9.17, 15) is 27.2 Å². The van der Waals surface area contributed by atoms with Crippen LogP contribution < -0.4 is 9.64 Å². The summed E-state index contributed by atoms with van der Waals surface area (Å²) in [6.45, 7) is 5.41. The van der Waals surface area contributed by atoms with Gasteiger partial charge in [-0.15, -0.1) is 0 Å². The molecule has 1 aromatic rings. The van der Waals surface area contributed by atoms with Crippen LogP contribution in [0.2, 0.25) is 0 Å². The third-order valence-corrected chi connectivity index (χ3v) is 2.46. The van der Waals surface area contributed by atoms with Crippen molar-refractivity contribution in [3.05, 3.63) is 17.8 Å². The van der Waals surface area contributed by atoms with Crippen LogP contribution in [0.25, 0.3) is 0 Å². The lowest BCUT2D eigenvalue weighted by atomic mass is 10.2. The fraction of sp³-hybridized carbons (Fsp3) is 0.562. The molecule has 0 aliphatic heterocycles. The smallest absolute Gasteiger partial charge is 0.425 e. The Hall–Kier alpha value is -2.59. The summed E-state index contributed by atoms with van der Waals surface area (Å²) in [6.07, 6.45) is -2.80. The number of carbonyl (C=O) groups is 2. The van der Waals surface area contributed by atoms with E-state index in [-0.39, 0.29) is 11.0 Å². The molecule has 0 N–H and O–H groups in total. The fourth-order valence-electron chi connectivity index (χ4n) is 1.64. The second-order valence-corrected chi connectivity index (χ2v) is 7.26. The van der Waals surface area contributed by atoms with Gasteiger partial charge in [0.1, 0.15) is 11.2 Å². The van der Waals surface area contributed by atoms with Crippen LogP contribution in [0.15, 0.2) is 6.07 Å². The summed E-state index contributed by atoms with van der Waals surface area (Å²) in [6, 6.07) is 0.228. The molecule has 2 amide bonds. The van der Waals surface area contributed by atoms with Crippen LogP contribution in [-0.2, 0) is 9.47 Å². The van der Waals surface area contributed by atoms with Gasteiger partial charge in [-0.1, -0.05) is 0 Å². The molecule has 0 saturated carbocycles. The number of carbonyl (C=O) groups excluding carboxylic acids is 2. The first-order valence-electron chi connectivity index (χ1n) is 7.67. The molecule has 1 aromatic heterocycles. The molecule has 0 unspecified atom stereocenters. The van der Waals surface area contributed by atoms with Crippen molar-refractivity contribution >= 4 is 18.0 Å². The molecular formula is C16H20F4N2O5. The van der Waals surface area contributed by atoms with E-state index < -0.39 is 53.3 Å². The second-order valence-electron chi connectivity index (χ2n) is 7.26. The Bertz CT molecular complexity index is 686. The van der Waals surface area contributed by atoms with Crippen LogP contribution in [0.1, 0.15) is 41.5 Å². The van der Waals surface area contributed by atoms with Gasteiger partial charge in [0, 0.05) is 6.07 Å². The number of ether oxygens (including phenoxy) is 3. The van der Waals surface area contributed by atoms with Crippen molar-refractivity contribution in [1.29, 1.82) is 0 Å². The maximum atomic E-state index is 14.3. The maximum Gasteiger partial charge on any atom is 0.425 e. The van der Waals surface area contributed by atoms with E-state index >= 15 is 0 Å². The van der Waals surface area contributed by atoms with E-state index in [2.05, 4.69) is 9.72 Å². The molecule has 0 bridgehead atoms. The number of anilines is 1. The first-order valence-corrected chi connectivity index (χ1v) is 7.67. The molecule has 1 rings (SSSR count). The number of hydrogen-bond donors (Lipinski definition) is 0. The molecule has 27 heavy (non-hydrogen) atoms. The van der Waals surface area contributed by atoms with Crippen molar-refractivity contribution in [3.63, 3.8) is 0 Å². The number of imide groups is 1. The van der Waals surface area contributed by atoms with E-state index in [0.717, 1.165) is 0 Å². The molecule has 7 nitrogen and oxygen atoms in total. The summed E-state index contributed by atoms with van der Waals surface area (Å²) in [5.41, 5.74) is -2.18. The SMILES string of the molecule is CC(C)(C)OC(=O)N(C(=O)OC(C)(C)C)c1nc(F)c(OC(F)F)cc1F. The van der Waals surface area contributed by atoms with Gasteiger partial charge >= 0.3 is 18.8 Å². The Morgan fingerprint density at radius 1 is 1.00 bits per heavy atom. The fourth-order valence-corrected chi connectivity index (χ4v) is 1.64. The summed E-state index contributed by atoms with van der Waals surface area (Å²) in [5, 5.41) is 0. The van der Waals surface area contributed by atoms with E-state index in [1.165, 1.54) is 41.5 Å². The zero-order valence-corrected chi connectivity index (χ0v) is 15.6. The second kappa shape index (κ2) is 7.97. The normalized spacial score (nSPS) is 12.0. The standard InChI is InChI=1S/C16H20F4N2O5/c1-15(2,3)26-13(23)22(14(24)27-16(4,5)6)11-8(17)7-9(10(18)21-11)25-12(19)20/h7,12H,1-6H3. The number of amides is 2. The molecule has 0 radical (unpaired) electrons. The third-order valence-electron chi connectivity index (χ3n) is 2.46. The number of alkyl halides is 2. The van der Waals surface area contributed by atoms with Crippen molar-refractivity contribution in [2.75, 3.05) is 4.90 Å². The van der Waals surface area contributed by atoms with Crippen LogP contribution in [0.3, 0.4) is 0 Å². The highest BCUT2D eigenvalue weighted by molar-refractivity contribution is 6.08. The molecule has 0 spiro atoms. The molecule has 1 heterocycles. The van der Waals surface area contributed by atoms with Crippen LogP contribution in [-0.4, -0.2) is 35.0 Å². The molecule has 0 aromatic carbocycles. The van der Waals surface area contributed by atoms with Crippen molar-refractivity contribution < 1.29 is 41.4 Å². The van der Waals surface area contributed by atoms with Crippen molar-refractivity contribution in [3.8, 4) is 5.75 Å². The minimum atomic E-state index is -3.43. The Labute approximate surface area is 153 Å². The highest BCUT2D eigenvalue weighted by atomic mass is 19.3. The van der Waals surface area contributed by atoms with Crippen LogP contribution in [0, 0.1) is 11.8 Å². The number of rotatable bonds is 3. The van der Waals surface area contributed by atoms with Crippen molar-refractivity contribution in [2.45, 2.75) is 59.4 Å². The average Bonchev–Trinajstić information content (AvgIpc) is 2.39. The first-order chi connectivity index (χ1) is 12.1. The summed E-state index contributed by atoms with van der Waals surface area (Å²) >= 11 is 0. The Morgan fingerprint density at radius 2 is 1.44 bits per heavy atom. The largest absolute Gasteiger partial charge is 0.443 e. The average molecular weight is 396 g/mol. The quantitative estimate of drug-likeness (QED) is 0.547. The van der Waals surface area contributed by atoms with E-state index in [4.69, 9.17) is 9.47 Å². The topological polar surface area (TPSA) is 78.0 Å². The van der Waals surface area contributed by atoms with Crippen molar-refractivity contribution in [2.24, 2.45) is 0 Å². The molecule has 152 valence electrons. The molecule has 11 heteroatoms. The van der Waals surface area contributed by atoms with Crippen LogP contribution >= 0.6 is 0 Å². The zero-order valence-electron chi connectivity index (χ0n) is 15.6. The lowest BCUT2D eigenvalue weighted by Crippen LogP contribution is -2.44. The number of aromatic nitrogens is 1. The minimum Gasteiger partial charge on any atom is -0.443 e. The molecule has 0 fully saturated rings. The maximum absolute atomic E-state index is 14.3. The number of nitrogens with zero attached hydrogens (tertiary/aromatic N) is 2. The van der Waals surface area contributed by atoms with Gasteiger partial charge in [-0.3, -0.25) is 0 Å². The lowest BCUT2D eigenvalue weighted by molar-refractivity contribution is -0.0528. The first kappa shape index (κ1) is 22.5. The van der Waals surface area contributed by atoms with E-state index in [1.54, 1.807) is 0 Å². The predicted molar refractivity (Wildman–Crippen MR) is 85.7 cm³/mol. The number of pyridine rings is 1. The molecule has 0 saturated heterocycles. The third kappa shape index (κ3) is 6.91. The number of hydrogen-bond acceptors (Lipinski definition) is 6. The molecule has 0 aliphatic carbocycles. The summed E-state index contributed by atoms with van der Waals surface area (Å²) in [4.78, 5) is 27.8. The van der Waals surface area contributed by atoms with Crippen LogP contribution in [0.4, 0.5) is 33.0 Å². The van der Waals surface area contributed by atoms with Gasteiger partial charge in [-0.25, -0.2) is 14.0 Å². The molecule has 0 atom stereocenters. The summed E-state index contributed by atoms with van der Waals surface area (Å²) < 4.78 is 66.4. The zero-order chi connectivity index (χ0) is 21.2. The number of halogens is 4. The highest BCUT2D eigenvalue weighted by Crippen LogP contribution is 2.28. The van der Waals surface area contributed by atoms with Gasteiger partial charge in [0.15, 0.2) is 17.4 Å². The van der Waals surface area contributed by atoms with E-state index in [0.29, 0.717) is 0 Å². The Kier molecular flexibility index (Phi) is 6.63. The van der Waals surface area contributed by atoms with Gasteiger partial charge in [0.25, 0.3) is 5.95 Å². The summed E-state index contributed by atoms with van der Waals surface area (Å²) in [5.74, 6) is -5.47. The van der Waals surface area contributed by atoms with Gasteiger partial charge in [-0.05, 0) is 41.5 Å². The van der Waals surface area contributed by atoms with Crippen LogP contribution in [0.5, 0.6) is 5.75 Å². The van der Waals surface area contributed by atoms with Gasteiger partial charge in [0.2, 0.25) is 0 Å². The van der Waals surface area contributed by atoms with Gasteiger partial charge in [0.05, 0.1) is 0 Å². The highest BCUT2D eigenvalue weighted by Gasteiger charge is 2.36. The minimum absolute atomic E-state index is 0.0288. The lowest BCUT2D eigenvalue weighted by Gasteiger charge is -2.28. The Morgan fingerprint density at radius 3 is 1.81 bits per heavy atom. The van der Waals surface area contributed by atoms with Gasteiger partial charge in [-0.2, -0.15) is 23.1 Å². The van der Waals surface area contributed by atoms with E-state index in [1.807, 2.05) is 0 Å². The molecule has 0 aliphatic rings. The monoisotopic (exact) mass is 396 g/mol. The van der Waals surface area contributed by atoms with Gasteiger partial charge < -0.3 is 14.2 Å².